The molecule has 0 radical (unpaired) electrons. The average molecular weight is 520 g/mol. The first-order chi connectivity index (χ1) is 17.9. The number of cyclic esters (lactones) is 1. The predicted molar refractivity (Wildman–Crippen MR) is 136 cm³/mol. The lowest BCUT2D eigenvalue weighted by Gasteiger charge is -2.19. The maximum Gasteiger partial charge on any atom is 0.378 e. The van der Waals surface area contributed by atoms with Gasteiger partial charge in [-0.25, -0.2) is 9.59 Å². The molecule has 1 aromatic heterocycles. The summed E-state index contributed by atoms with van der Waals surface area (Å²) in [7, 11) is 0. The van der Waals surface area contributed by atoms with Crippen LogP contribution in [0.3, 0.4) is 0 Å². The summed E-state index contributed by atoms with van der Waals surface area (Å²) >= 11 is 0. The molecule has 2 rings (SSSR count). The van der Waals surface area contributed by atoms with E-state index in [1.54, 1.807) is 0 Å². The molecule has 0 amide bonds. The number of unbranched alkanes of at least 4 members (excludes halogenated alkanes) is 12. The van der Waals surface area contributed by atoms with Gasteiger partial charge in [0.05, 0.1) is 5.56 Å². The molecule has 1 aliphatic rings. The van der Waals surface area contributed by atoms with Gasteiger partial charge in [0, 0.05) is 18.8 Å². The molecule has 9 heteroatoms. The number of pyridine rings is 1. The molecule has 2 atom stereocenters. The Balaban J connectivity index is 1.58. The molecule has 0 saturated carbocycles. The van der Waals surface area contributed by atoms with Crippen molar-refractivity contribution in [3.05, 3.63) is 41.6 Å². The third-order valence-corrected chi connectivity index (χ3v) is 6.27. The minimum atomic E-state index is -1.51. The van der Waals surface area contributed by atoms with Crippen LogP contribution in [0.4, 0.5) is 0 Å². The fourth-order valence-electron chi connectivity index (χ4n) is 4.09. The lowest BCUT2D eigenvalue weighted by atomic mass is 10.0. The lowest BCUT2D eigenvalue weighted by Crippen LogP contribution is -2.34. The van der Waals surface area contributed by atoms with Crippen LogP contribution < -0.4 is 0 Å². The summed E-state index contributed by atoms with van der Waals surface area (Å²) in [5, 5.41) is 20.3. The highest BCUT2D eigenvalue weighted by atomic mass is 16.6. The summed E-state index contributed by atoms with van der Waals surface area (Å²) in [6.07, 6.45) is 15.6. The molecule has 37 heavy (non-hydrogen) atoms. The van der Waals surface area contributed by atoms with Gasteiger partial charge in [-0.1, -0.05) is 84.0 Å². The number of nitrogens with zero attached hydrogens (tertiary/aromatic N) is 1. The average Bonchev–Trinajstić information content (AvgIpc) is 3.19. The van der Waals surface area contributed by atoms with Crippen LogP contribution in [0, 0.1) is 0 Å². The molecule has 0 unspecified atom stereocenters. The first kappa shape index (κ1) is 30.3. The van der Waals surface area contributed by atoms with E-state index in [0.29, 0.717) is 6.42 Å². The van der Waals surface area contributed by atoms with Gasteiger partial charge in [-0.15, -0.1) is 0 Å². The first-order valence-electron chi connectivity index (χ1n) is 13.5. The number of aliphatic hydroxyl groups excluding tert-OH is 2. The van der Waals surface area contributed by atoms with Gasteiger partial charge in [-0.3, -0.25) is 9.78 Å². The monoisotopic (exact) mass is 519 g/mol. The smallest absolute Gasteiger partial charge is 0.378 e. The molecule has 0 spiro atoms. The molecule has 0 aromatic carbocycles. The molecule has 1 aromatic rings. The van der Waals surface area contributed by atoms with Crippen LogP contribution in [-0.4, -0.2) is 51.9 Å². The normalized spacial score (nSPS) is 15.9. The lowest BCUT2D eigenvalue weighted by molar-refractivity contribution is -0.154. The van der Waals surface area contributed by atoms with Gasteiger partial charge in [0.25, 0.3) is 0 Å². The van der Waals surface area contributed by atoms with Crippen molar-refractivity contribution in [3.63, 3.8) is 0 Å². The van der Waals surface area contributed by atoms with E-state index in [4.69, 9.17) is 14.2 Å². The van der Waals surface area contributed by atoms with Gasteiger partial charge in [-0.05, 0) is 18.6 Å². The number of esters is 3. The standard InChI is InChI=1S/C28H41NO8/c1-2-3-4-5-6-7-8-9-10-11-12-13-14-17-23(31)35-20-22(30)25-26(24(32)28(34)36-25)37-27(33)21-16-15-18-29-19-21/h15-16,18-19,22,25,30,32H,2-14,17,20H2,1H3/t22-,25+/m1/s1. The van der Waals surface area contributed by atoms with Crippen molar-refractivity contribution in [3.8, 4) is 0 Å². The Morgan fingerprint density at radius 2 is 1.59 bits per heavy atom. The van der Waals surface area contributed by atoms with Crippen molar-refractivity contribution in [1.82, 2.24) is 4.98 Å². The third-order valence-electron chi connectivity index (χ3n) is 6.27. The highest BCUT2D eigenvalue weighted by Crippen LogP contribution is 2.26. The number of hydrogen-bond acceptors (Lipinski definition) is 9. The molecule has 1 aliphatic heterocycles. The molecular formula is C28H41NO8. The second-order valence-corrected chi connectivity index (χ2v) is 9.41. The van der Waals surface area contributed by atoms with Gasteiger partial charge in [0.1, 0.15) is 12.7 Å². The van der Waals surface area contributed by atoms with E-state index in [2.05, 4.69) is 11.9 Å². The highest BCUT2D eigenvalue weighted by molar-refractivity contribution is 5.93. The number of rotatable bonds is 19. The molecule has 0 fully saturated rings. The zero-order valence-corrected chi connectivity index (χ0v) is 21.9. The summed E-state index contributed by atoms with van der Waals surface area (Å²) in [4.78, 5) is 39.8. The molecule has 0 saturated heterocycles. The van der Waals surface area contributed by atoms with Crippen LogP contribution in [0.2, 0.25) is 0 Å². The molecule has 0 aliphatic carbocycles. The van der Waals surface area contributed by atoms with Crippen LogP contribution in [0.1, 0.15) is 107 Å². The highest BCUT2D eigenvalue weighted by Gasteiger charge is 2.42. The summed E-state index contributed by atoms with van der Waals surface area (Å²) < 4.78 is 15.1. The molecule has 206 valence electrons. The summed E-state index contributed by atoms with van der Waals surface area (Å²) in [6, 6.07) is 2.96. The van der Waals surface area contributed by atoms with Crippen molar-refractivity contribution in [2.45, 2.75) is 109 Å². The summed E-state index contributed by atoms with van der Waals surface area (Å²) in [5.74, 6) is -3.95. The van der Waals surface area contributed by atoms with Gasteiger partial charge in [0.2, 0.25) is 11.5 Å². The van der Waals surface area contributed by atoms with Crippen molar-refractivity contribution >= 4 is 17.9 Å². The molecular weight excluding hydrogens is 478 g/mol. The number of carbonyl (C=O) groups excluding carboxylic acids is 3. The Kier molecular flexibility index (Phi) is 14.3. The van der Waals surface area contributed by atoms with Gasteiger partial charge in [-0.2, -0.15) is 0 Å². The molecule has 0 bridgehead atoms. The Hall–Kier alpha value is -2.94. The van der Waals surface area contributed by atoms with Crippen LogP contribution in [0.25, 0.3) is 0 Å². The second kappa shape index (κ2) is 17.5. The number of ether oxygens (including phenoxy) is 3. The van der Waals surface area contributed by atoms with Gasteiger partial charge in [0.15, 0.2) is 6.10 Å². The summed E-state index contributed by atoms with van der Waals surface area (Å²) in [5.41, 5.74) is 0.0830. The second-order valence-electron chi connectivity index (χ2n) is 9.41. The topological polar surface area (TPSA) is 132 Å². The zero-order chi connectivity index (χ0) is 26.9. The minimum Gasteiger partial charge on any atom is -0.499 e. The maximum absolute atomic E-state index is 12.2. The van der Waals surface area contributed by atoms with E-state index in [1.165, 1.54) is 82.3 Å². The number of aromatic nitrogens is 1. The van der Waals surface area contributed by atoms with Crippen molar-refractivity contribution in [1.29, 1.82) is 0 Å². The van der Waals surface area contributed by atoms with Crippen LogP contribution >= 0.6 is 0 Å². The van der Waals surface area contributed by atoms with Gasteiger partial charge < -0.3 is 24.4 Å². The zero-order valence-electron chi connectivity index (χ0n) is 21.9. The fraction of sp³-hybridized carbons (Fsp3) is 0.643. The van der Waals surface area contributed by atoms with Crippen molar-refractivity contribution < 1.29 is 38.8 Å². The quantitative estimate of drug-likeness (QED) is 0.142. The van der Waals surface area contributed by atoms with Crippen molar-refractivity contribution in [2.75, 3.05) is 6.61 Å². The van der Waals surface area contributed by atoms with E-state index in [1.807, 2.05) is 0 Å². The molecule has 2 N–H and O–H groups in total. The third kappa shape index (κ3) is 11.3. The largest absolute Gasteiger partial charge is 0.499 e. The van der Waals surface area contributed by atoms with E-state index >= 15 is 0 Å². The molecule has 9 nitrogen and oxygen atoms in total. The van der Waals surface area contributed by atoms with Crippen LogP contribution in [0.5, 0.6) is 0 Å². The minimum absolute atomic E-state index is 0.0830. The first-order valence-corrected chi connectivity index (χ1v) is 13.5. The number of hydrogen-bond donors (Lipinski definition) is 2. The van der Waals surface area contributed by atoms with E-state index in [-0.39, 0.29) is 12.0 Å². The van der Waals surface area contributed by atoms with Crippen LogP contribution in [-0.2, 0) is 23.8 Å². The Labute approximate surface area is 219 Å². The Morgan fingerprint density at radius 3 is 2.16 bits per heavy atom. The van der Waals surface area contributed by atoms with E-state index < -0.39 is 48.2 Å². The van der Waals surface area contributed by atoms with Crippen molar-refractivity contribution in [2.24, 2.45) is 0 Å². The fourth-order valence-corrected chi connectivity index (χ4v) is 4.09. The van der Waals surface area contributed by atoms with Gasteiger partial charge >= 0.3 is 17.9 Å². The van der Waals surface area contributed by atoms with E-state index in [9.17, 15) is 24.6 Å². The predicted octanol–water partition coefficient (Wildman–Crippen LogP) is 5.32. The number of carbonyl (C=O) groups is 3. The maximum atomic E-state index is 12.2. The SMILES string of the molecule is CCCCCCCCCCCCCCCC(=O)OC[C@@H](O)[C@@H]1OC(=O)C(O)=C1OC(=O)c1cccnc1. The van der Waals surface area contributed by atoms with Crippen LogP contribution in [0.15, 0.2) is 36.0 Å². The Bertz CT molecular complexity index is 870. The number of aliphatic hydroxyl groups is 2. The van der Waals surface area contributed by atoms with E-state index in [0.717, 1.165) is 19.3 Å². The Morgan fingerprint density at radius 1 is 1.00 bits per heavy atom. The molecule has 2 heterocycles. The summed E-state index contributed by atoms with van der Waals surface area (Å²) in [6.45, 7) is 1.76.